The molecule has 0 unspecified atom stereocenters. The second kappa shape index (κ2) is 6.94. The topological polar surface area (TPSA) is 72.7 Å². The van der Waals surface area contributed by atoms with Gasteiger partial charge in [-0.15, -0.1) is 11.3 Å². The molecule has 2 aromatic heterocycles. The highest BCUT2D eigenvalue weighted by Gasteiger charge is 2.17. The third-order valence-corrected chi connectivity index (χ3v) is 4.58. The Morgan fingerprint density at radius 3 is 2.83 bits per heavy atom. The molecular weight excluding hydrogens is 326 g/mol. The zero-order valence-corrected chi connectivity index (χ0v) is 14.2. The Bertz CT molecular complexity index is 918. The van der Waals surface area contributed by atoms with Crippen LogP contribution in [0.3, 0.4) is 0 Å². The van der Waals surface area contributed by atoms with E-state index in [1.165, 1.54) is 21.9 Å². The molecule has 1 N–H and O–H groups in total. The number of carbonyl (C=O) groups is 1. The first-order valence-electron chi connectivity index (χ1n) is 7.44. The summed E-state index contributed by atoms with van der Waals surface area (Å²) in [5.74, 6) is -0.455. The largest absolute Gasteiger partial charge is 0.375 e. The van der Waals surface area contributed by atoms with Crippen LogP contribution in [0.15, 0.2) is 47.5 Å². The average molecular weight is 343 g/mol. The van der Waals surface area contributed by atoms with E-state index in [0.29, 0.717) is 4.96 Å². The lowest BCUT2D eigenvalue weighted by Crippen LogP contribution is -2.34. The SMILES string of the molecule is CO[C@H](CNC(=O)c1cnc2sc(C)cn2c1=O)c1ccccc1. The number of methoxy groups -OCH3 is 1. The number of nitrogens with zero attached hydrogens (tertiary/aromatic N) is 2. The van der Waals surface area contributed by atoms with Gasteiger partial charge in [-0.1, -0.05) is 30.3 Å². The lowest BCUT2D eigenvalue weighted by molar-refractivity contribution is 0.0826. The lowest BCUT2D eigenvalue weighted by Gasteiger charge is -2.16. The van der Waals surface area contributed by atoms with Gasteiger partial charge in [-0.05, 0) is 12.5 Å². The average Bonchev–Trinajstić information content (AvgIpc) is 2.98. The fraction of sp³-hybridized carbons (Fsp3) is 0.235. The van der Waals surface area contributed by atoms with Crippen LogP contribution in [-0.4, -0.2) is 28.9 Å². The van der Waals surface area contributed by atoms with Gasteiger partial charge in [0.1, 0.15) is 5.56 Å². The Morgan fingerprint density at radius 1 is 1.38 bits per heavy atom. The fourth-order valence-corrected chi connectivity index (χ4v) is 3.22. The van der Waals surface area contributed by atoms with Crippen molar-refractivity contribution in [3.05, 3.63) is 69.1 Å². The molecule has 0 aliphatic heterocycles. The van der Waals surface area contributed by atoms with Crippen LogP contribution in [0.2, 0.25) is 0 Å². The molecule has 3 rings (SSSR count). The number of thiazole rings is 1. The molecule has 0 aliphatic rings. The molecule has 2 heterocycles. The number of ether oxygens (including phenoxy) is 1. The summed E-state index contributed by atoms with van der Waals surface area (Å²) >= 11 is 1.41. The molecule has 7 heteroatoms. The predicted octanol–water partition coefficient (Wildman–Crippen LogP) is 2.18. The van der Waals surface area contributed by atoms with Crippen molar-refractivity contribution < 1.29 is 9.53 Å². The maximum Gasteiger partial charge on any atom is 0.271 e. The Hall–Kier alpha value is -2.51. The minimum absolute atomic E-state index is 0.0215. The molecule has 1 aromatic carbocycles. The van der Waals surface area contributed by atoms with Crippen molar-refractivity contribution >= 4 is 22.2 Å². The maximum atomic E-state index is 12.4. The Morgan fingerprint density at radius 2 is 2.12 bits per heavy atom. The summed E-state index contributed by atoms with van der Waals surface area (Å²) in [4.78, 5) is 30.5. The monoisotopic (exact) mass is 343 g/mol. The maximum absolute atomic E-state index is 12.4. The predicted molar refractivity (Wildman–Crippen MR) is 92.6 cm³/mol. The molecule has 0 bridgehead atoms. The molecule has 1 amide bonds. The Labute approximate surface area is 142 Å². The van der Waals surface area contributed by atoms with E-state index >= 15 is 0 Å². The van der Waals surface area contributed by atoms with Crippen LogP contribution >= 0.6 is 11.3 Å². The molecule has 0 aliphatic carbocycles. The van der Waals surface area contributed by atoms with Gasteiger partial charge in [0.25, 0.3) is 11.5 Å². The van der Waals surface area contributed by atoms with E-state index in [2.05, 4.69) is 10.3 Å². The zero-order chi connectivity index (χ0) is 17.1. The van der Waals surface area contributed by atoms with Crippen LogP contribution < -0.4 is 10.9 Å². The van der Waals surface area contributed by atoms with E-state index in [9.17, 15) is 9.59 Å². The van der Waals surface area contributed by atoms with E-state index in [-0.39, 0.29) is 23.8 Å². The first-order valence-corrected chi connectivity index (χ1v) is 8.25. The molecule has 124 valence electrons. The van der Waals surface area contributed by atoms with E-state index < -0.39 is 5.91 Å². The third-order valence-electron chi connectivity index (χ3n) is 3.67. The summed E-state index contributed by atoms with van der Waals surface area (Å²) < 4.78 is 6.82. The van der Waals surface area contributed by atoms with Crippen molar-refractivity contribution in [2.24, 2.45) is 0 Å². The van der Waals surface area contributed by atoms with Crippen LogP contribution in [0, 0.1) is 6.92 Å². The molecule has 0 radical (unpaired) electrons. The standard InChI is InChI=1S/C17H17N3O3S/c1-11-10-20-16(22)13(8-19-17(20)24-11)15(21)18-9-14(23-2)12-6-4-3-5-7-12/h3-8,10,14H,9H2,1-2H3,(H,18,21)/t14-/m1/s1. The normalized spacial score (nSPS) is 12.2. The first kappa shape index (κ1) is 16.4. The van der Waals surface area contributed by atoms with Gasteiger partial charge in [0, 0.05) is 30.9 Å². The third kappa shape index (κ3) is 3.22. The van der Waals surface area contributed by atoms with Gasteiger partial charge in [0.05, 0.1) is 6.10 Å². The van der Waals surface area contributed by atoms with E-state index in [4.69, 9.17) is 4.74 Å². The highest BCUT2D eigenvalue weighted by Crippen LogP contribution is 2.15. The van der Waals surface area contributed by atoms with Gasteiger partial charge in [-0.2, -0.15) is 0 Å². The number of hydrogen-bond donors (Lipinski definition) is 1. The van der Waals surface area contributed by atoms with Crippen LogP contribution in [0.1, 0.15) is 26.9 Å². The summed E-state index contributed by atoms with van der Waals surface area (Å²) in [6.45, 7) is 2.16. The minimum Gasteiger partial charge on any atom is -0.375 e. The van der Waals surface area contributed by atoms with Crippen molar-refractivity contribution in [2.45, 2.75) is 13.0 Å². The molecule has 24 heavy (non-hydrogen) atoms. The van der Waals surface area contributed by atoms with Crippen LogP contribution in [0.4, 0.5) is 0 Å². The van der Waals surface area contributed by atoms with Crippen molar-refractivity contribution in [3.8, 4) is 0 Å². The molecule has 0 spiro atoms. The lowest BCUT2D eigenvalue weighted by atomic mass is 10.1. The summed E-state index contributed by atoms with van der Waals surface area (Å²) in [7, 11) is 1.58. The number of hydrogen-bond acceptors (Lipinski definition) is 5. The number of nitrogens with one attached hydrogen (secondary N) is 1. The second-order valence-electron chi connectivity index (χ2n) is 5.32. The smallest absolute Gasteiger partial charge is 0.271 e. The van der Waals surface area contributed by atoms with Crippen molar-refractivity contribution in [3.63, 3.8) is 0 Å². The van der Waals surface area contributed by atoms with Gasteiger partial charge in [0.2, 0.25) is 0 Å². The summed E-state index contributed by atoms with van der Waals surface area (Å²) in [5.41, 5.74) is 0.614. The van der Waals surface area contributed by atoms with Gasteiger partial charge in [-0.25, -0.2) is 4.98 Å². The number of benzene rings is 1. The molecular formula is C17H17N3O3S. The number of carbonyl (C=O) groups excluding carboxylic acids is 1. The number of rotatable bonds is 5. The minimum atomic E-state index is -0.455. The quantitative estimate of drug-likeness (QED) is 0.771. The van der Waals surface area contributed by atoms with Gasteiger partial charge in [0.15, 0.2) is 4.96 Å². The Kier molecular flexibility index (Phi) is 4.73. The number of amides is 1. The summed E-state index contributed by atoms with van der Waals surface area (Å²) in [6.07, 6.45) is 2.74. The van der Waals surface area contributed by atoms with Crippen LogP contribution in [0.25, 0.3) is 4.96 Å². The number of aromatic nitrogens is 2. The molecule has 0 fully saturated rings. The van der Waals surface area contributed by atoms with Crippen molar-refractivity contribution in [2.75, 3.05) is 13.7 Å². The highest BCUT2D eigenvalue weighted by molar-refractivity contribution is 7.16. The molecule has 0 saturated carbocycles. The zero-order valence-electron chi connectivity index (χ0n) is 13.4. The molecule has 1 atom stereocenters. The second-order valence-corrected chi connectivity index (χ2v) is 6.53. The van der Waals surface area contributed by atoms with Crippen molar-refractivity contribution in [1.82, 2.24) is 14.7 Å². The van der Waals surface area contributed by atoms with Crippen LogP contribution in [-0.2, 0) is 4.74 Å². The Balaban J connectivity index is 1.77. The van der Waals surface area contributed by atoms with Crippen molar-refractivity contribution in [1.29, 1.82) is 0 Å². The van der Waals surface area contributed by atoms with Crippen LogP contribution in [0.5, 0.6) is 0 Å². The molecule has 6 nitrogen and oxygen atoms in total. The number of aryl methyl sites for hydroxylation is 1. The summed E-state index contributed by atoms with van der Waals surface area (Å²) in [6, 6.07) is 9.59. The van der Waals surface area contributed by atoms with E-state index in [1.54, 1.807) is 13.3 Å². The number of fused-ring (bicyclic) bond motifs is 1. The van der Waals surface area contributed by atoms with E-state index in [0.717, 1.165) is 10.4 Å². The van der Waals surface area contributed by atoms with Gasteiger partial charge >= 0.3 is 0 Å². The highest BCUT2D eigenvalue weighted by atomic mass is 32.1. The van der Waals surface area contributed by atoms with Gasteiger partial charge in [-0.3, -0.25) is 14.0 Å². The molecule has 0 saturated heterocycles. The summed E-state index contributed by atoms with van der Waals surface area (Å²) in [5, 5.41) is 2.75. The van der Waals surface area contributed by atoms with Gasteiger partial charge < -0.3 is 10.1 Å². The fourth-order valence-electron chi connectivity index (χ4n) is 2.44. The molecule has 3 aromatic rings. The first-order chi connectivity index (χ1) is 11.6. The van der Waals surface area contributed by atoms with E-state index in [1.807, 2.05) is 37.3 Å².